The molecule has 1 aromatic rings. The molecule has 0 spiro atoms. The van der Waals surface area contributed by atoms with Gasteiger partial charge in [0.2, 0.25) is 11.8 Å². The lowest BCUT2D eigenvalue weighted by molar-refractivity contribution is -0.122. The lowest BCUT2D eigenvalue weighted by atomic mass is 9.78. The van der Waals surface area contributed by atoms with Gasteiger partial charge in [0.15, 0.2) is 5.82 Å². The van der Waals surface area contributed by atoms with Crippen LogP contribution in [-0.2, 0) is 17.0 Å². The number of aromatic nitrogens is 2. The van der Waals surface area contributed by atoms with Crippen LogP contribution in [0.1, 0.15) is 51.2 Å². The van der Waals surface area contributed by atoms with Gasteiger partial charge in [0.1, 0.15) is 0 Å². The molecule has 1 aromatic heterocycles. The summed E-state index contributed by atoms with van der Waals surface area (Å²) in [5, 5.41) is 7.07. The molecule has 0 saturated heterocycles. The van der Waals surface area contributed by atoms with Crippen molar-refractivity contribution in [1.82, 2.24) is 15.5 Å². The van der Waals surface area contributed by atoms with Crippen LogP contribution in [0.25, 0.3) is 0 Å². The largest absolute Gasteiger partial charge is 0.353 e. The summed E-state index contributed by atoms with van der Waals surface area (Å²) in [7, 11) is 0. The molecule has 118 valence electrons. The minimum atomic E-state index is 0.0882. The van der Waals surface area contributed by atoms with Gasteiger partial charge in [0.25, 0.3) is 0 Å². The summed E-state index contributed by atoms with van der Waals surface area (Å²) in [6.45, 7) is 4.46. The molecule has 0 aromatic carbocycles. The van der Waals surface area contributed by atoms with E-state index in [4.69, 9.17) is 4.52 Å². The zero-order valence-electron chi connectivity index (χ0n) is 13.1. The highest BCUT2D eigenvalue weighted by Crippen LogP contribution is 2.28. The normalized spacial score (nSPS) is 25.8. The second kappa shape index (κ2) is 7.82. The fourth-order valence-corrected chi connectivity index (χ4v) is 3.40. The molecule has 1 fully saturated rings. The van der Waals surface area contributed by atoms with Crippen molar-refractivity contribution in [2.45, 2.75) is 57.7 Å². The van der Waals surface area contributed by atoms with E-state index in [1.54, 1.807) is 11.8 Å². The first kappa shape index (κ1) is 16.3. The summed E-state index contributed by atoms with van der Waals surface area (Å²) in [4.78, 5) is 16.4. The smallest absolute Gasteiger partial charge is 0.227 e. The van der Waals surface area contributed by atoms with Crippen LogP contribution in [0, 0.1) is 11.8 Å². The molecule has 2 atom stereocenters. The van der Waals surface area contributed by atoms with Crippen LogP contribution >= 0.6 is 11.8 Å². The fraction of sp³-hybridized carbons (Fsp3) is 0.800. The Kier molecular flexibility index (Phi) is 6.08. The number of thioether (sulfide) groups is 1. The Morgan fingerprint density at radius 2 is 2.10 bits per heavy atom. The van der Waals surface area contributed by atoms with Crippen LogP contribution in [0.2, 0.25) is 0 Å². The first-order valence-corrected chi connectivity index (χ1v) is 9.09. The van der Waals surface area contributed by atoms with E-state index in [2.05, 4.69) is 29.3 Å². The number of aryl methyl sites for hydroxylation is 1. The van der Waals surface area contributed by atoms with Crippen molar-refractivity contribution in [1.29, 1.82) is 0 Å². The minimum absolute atomic E-state index is 0.0882. The third-order valence-electron chi connectivity index (χ3n) is 4.22. The SMILES string of the molecule is CSCc1noc(CCC(=O)NC2C(C)CCCC2C)n1. The maximum absolute atomic E-state index is 12.1. The average Bonchev–Trinajstić information content (AvgIpc) is 2.89. The van der Waals surface area contributed by atoms with E-state index in [1.165, 1.54) is 19.3 Å². The van der Waals surface area contributed by atoms with Gasteiger partial charge in [-0.15, -0.1) is 0 Å². The van der Waals surface area contributed by atoms with Crippen LogP contribution in [0.5, 0.6) is 0 Å². The molecule has 0 aliphatic heterocycles. The Hall–Kier alpha value is -1.04. The van der Waals surface area contributed by atoms with Gasteiger partial charge >= 0.3 is 0 Å². The standard InChI is InChI=1S/C15H25N3O2S/c1-10-5-4-6-11(2)15(10)17-13(19)7-8-14-16-12(9-21-3)18-20-14/h10-11,15H,4-9H2,1-3H3,(H,17,19). The summed E-state index contributed by atoms with van der Waals surface area (Å²) in [5.74, 6) is 3.22. The van der Waals surface area contributed by atoms with E-state index in [0.717, 1.165) is 5.75 Å². The molecule has 21 heavy (non-hydrogen) atoms. The Bertz CT molecular complexity index is 454. The van der Waals surface area contributed by atoms with Gasteiger partial charge in [-0.3, -0.25) is 4.79 Å². The van der Waals surface area contributed by atoms with Gasteiger partial charge in [-0.25, -0.2) is 0 Å². The fourth-order valence-electron chi connectivity index (χ4n) is 3.02. The Labute approximate surface area is 130 Å². The van der Waals surface area contributed by atoms with Crippen molar-refractivity contribution in [3.05, 3.63) is 11.7 Å². The lowest BCUT2D eigenvalue weighted by Gasteiger charge is -2.35. The van der Waals surface area contributed by atoms with Crippen LogP contribution in [0.4, 0.5) is 0 Å². The molecule has 0 bridgehead atoms. The highest BCUT2D eigenvalue weighted by Gasteiger charge is 2.28. The number of nitrogens with zero attached hydrogens (tertiary/aromatic N) is 2. The van der Waals surface area contributed by atoms with Gasteiger partial charge in [-0.05, 0) is 30.9 Å². The van der Waals surface area contributed by atoms with E-state index >= 15 is 0 Å². The summed E-state index contributed by atoms with van der Waals surface area (Å²) in [5.41, 5.74) is 0. The van der Waals surface area contributed by atoms with Crippen molar-refractivity contribution < 1.29 is 9.32 Å². The van der Waals surface area contributed by atoms with Crippen molar-refractivity contribution >= 4 is 17.7 Å². The van der Waals surface area contributed by atoms with Crippen LogP contribution in [0.15, 0.2) is 4.52 Å². The molecular weight excluding hydrogens is 286 g/mol. The summed E-state index contributed by atoms with van der Waals surface area (Å²) in [6.07, 6.45) is 6.61. The zero-order chi connectivity index (χ0) is 15.2. The molecule has 5 nitrogen and oxygen atoms in total. The van der Waals surface area contributed by atoms with Gasteiger partial charge in [-0.1, -0.05) is 25.4 Å². The molecule has 1 saturated carbocycles. The summed E-state index contributed by atoms with van der Waals surface area (Å²) in [6, 6.07) is 0.306. The Balaban J connectivity index is 1.78. The van der Waals surface area contributed by atoms with E-state index in [9.17, 15) is 4.79 Å². The van der Waals surface area contributed by atoms with Crippen LogP contribution in [0.3, 0.4) is 0 Å². The number of carbonyl (C=O) groups is 1. The second-order valence-electron chi connectivity index (χ2n) is 6.02. The zero-order valence-corrected chi connectivity index (χ0v) is 13.9. The van der Waals surface area contributed by atoms with Crippen LogP contribution < -0.4 is 5.32 Å². The van der Waals surface area contributed by atoms with Crippen LogP contribution in [-0.4, -0.2) is 28.3 Å². The monoisotopic (exact) mass is 311 g/mol. The molecule has 1 N–H and O–H groups in total. The number of carbonyl (C=O) groups excluding carboxylic acids is 1. The minimum Gasteiger partial charge on any atom is -0.353 e. The molecule has 1 aliphatic carbocycles. The van der Waals surface area contributed by atoms with Gasteiger partial charge < -0.3 is 9.84 Å². The summed E-state index contributed by atoms with van der Waals surface area (Å²) < 4.78 is 5.15. The van der Waals surface area contributed by atoms with Gasteiger partial charge in [0, 0.05) is 18.9 Å². The number of nitrogens with one attached hydrogen (secondary N) is 1. The van der Waals surface area contributed by atoms with Crippen molar-refractivity contribution in [2.24, 2.45) is 11.8 Å². The average molecular weight is 311 g/mol. The second-order valence-corrected chi connectivity index (χ2v) is 6.88. The molecule has 1 aliphatic rings. The quantitative estimate of drug-likeness (QED) is 0.875. The number of rotatable bonds is 6. The maximum atomic E-state index is 12.1. The van der Waals surface area contributed by atoms with E-state index in [1.807, 2.05) is 6.26 Å². The maximum Gasteiger partial charge on any atom is 0.227 e. The first-order valence-electron chi connectivity index (χ1n) is 7.70. The van der Waals surface area contributed by atoms with Crippen molar-refractivity contribution in [3.8, 4) is 0 Å². The van der Waals surface area contributed by atoms with Gasteiger partial charge in [-0.2, -0.15) is 16.7 Å². The predicted molar refractivity (Wildman–Crippen MR) is 83.9 cm³/mol. The molecular formula is C15H25N3O2S. The van der Waals surface area contributed by atoms with E-state index in [-0.39, 0.29) is 5.91 Å². The number of amides is 1. The summed E-state index contributed by atoms with van der Waals surface area (Å²) >= 11 is 1.65. The number of hydrogen-bond acceptors (Lipinski definition) is 5. The lowest BCUT2D eigenvalue weighted by Crippen LogP contribution is -2.45. The highest BCUT2D eigenvalue weighted by atomic mass is 32.2. The molecule has 2 rings (SSSR count). The van der Waals surface area contributed by atoms with E-state index in [0.29, 0.717) is 42.4 Å². The Morgan fingerprint density at radius 3 is 2.76 bits per heavy atom. The van der Waals surface area contributed by atoms with Gasteiger partial charge in [0.05, 0.1) is 5.75 Å². The predicted octanol–water partition coefficient (Wildman–Crippen LogP) is 2.81. The molecule has 2 unspecified atom stereocenters. The van der Waals surface area contributed by atoms with Crippen molar-refractivity contribution in [3.63, 3.8) is 0 Å². The van der Waals surface area contributed by atoms with E-state index < -0.39 is 0 Å². The molecule has 1 amide bonds. The molecule has 1 heterocycles. The third-order valence-corrected chi connectivity index (χ3v) is 4.77. The van der Waals surface area contributed by atoms with Crippen molar-refractivity contribution in [2.75, 3.05) is 6.26 Å². The first-order chi connectivity index (χ1) is 10.1. The highest BCUT2D eigenvalue weighted by molar-refractivity contribution is 7.97. The molecule has 0 radical (unpaired) electrons. The number of hydrogen-bond donors (Lipinski definition) is 1. The Morgan fingerprint density at radius 1 is 1.38 bits per heavy atom. The molecule has 6 heteroatoms. The topological polar surface area (TPSA) is 68.0 Å². The third kappa shape index (κ3) is 4.73.